The third-order valence-electron chi connectivity index (χ3n) is 5.01. The van der Waals surface area contributed by atoms with Gasteiger partial charge in [-0.1, -0.05) is 31.9 Å². The van der Waals surface area contributed by atoms with E-state index in [-0.39, 0.29) is 22.3 Å². The molecular formula is C23H26Br2N4O6. The highest BCUT2D eigenvalue weighted by molar-refractivity contribution is 9.10. The number of unbranched alkanes of at least 4 members (excludes halogenated alkanes) is 2. The monoisotopic (exact) mass is 612 g/mol. The van der Waals surface area contributed by atoms with Crippen molar-refractivity contribution in [2.45, 2.75) is 19.3 Å². The van der Waals surface area contributed by atoms with Gasteiger partial charge in [0.1, 0.15) is 11.5 Å². The topological polar surface area (TPSA) is 157 Å². The van der Waals surface area contributed by atoms with Gasteiger partial charge < -0.3 is 31.5 Å². The molecule has 35 heavy (non-hydrogen) atoms. The lowest BCUT2D eigenvalue weighted by molar-refractivity contribution is 0.0937. The number of carbonyl (C=O) groups is 4. The van der Waals surface area contributed by atoms with Gasteiger partial charge in [0, 0.05) is 36.1 Å². The maximum atomic E-state index is 12.4. The number of phenolic OH excluding ortho intramolecular Hbond substituents is 2. The van der Waals surface area contributed by atoms with Crippen molar-refractivity contribution in [1.82, 2.24) is 21.3 Å². The number of amides is 4. The average Bonchev–Trinajstić information content (AvgIpc) is 2.84. The highest BCUT2D eigenvalue weighted by Gasteiger charge is 2.20. The van der Waals surface area contributed by atoms with Crippen LogP contribution in [0.4, 0.5) is 0 Å². The van der Waals surface area contributed by atoms with Crippen LogP contribution < -0.4 is 21.3 Å². The number of hydrogen-bond donors (Lipinski definition) is 6. The van der Waals surface area contributed by atoms with Crippen molar-refractivity contribution in [2.24, 2.45) is 0 Å². The lowest BCUT2D eigenvalue weighted by atomic mass is 10.1. The lowest BCUT2D eigenvalue weighted by Gasteiger charge is -2.11. The predicted octanol–water partition coefficient (Wildman–Crippen LogP) is 2.67. The van der Waals surface area contributed by atoms with Crippen LogP contribution in [0.1, 0.15) is 60.7 Å². The van der Waals surface area contributed by atoms with Gasteiger partial charge in [-0.25, -0.2) is 0 Å². The molecule has 4 amide bonds. The Kier molecular flexibility index (Phi) is 10.5. The van der Waals surface area contributed by atoms with E-state index in [0.717, 1.165) is 0 Å². The van der Waals surface area contributed by atoms with E-state index in [9.17, 15) is 29.4 Å². The van der Waals surface area contributed by atoms with Gasteiger partial charge in [0.15, 0.2) is 0 Å². The van der Waals surface area contributed by atoms with Gasteiger partial charge >= 0.3 is 0 Å². The second kappa shape index (κ2) is 13.1. The Hall–Kier alpha value is -3.12. The van der Waals surface area contributed by atoms with Crippen molar-refractivity contribution in [3.8, 4) is 11.5 Å². The molecule has 0 aliphatic carbocycles. The zero-order chi connectivity index (χ0) is 26.1. The summed E-state index contributed by atoms with van der Waals surface area (Å²) in [5, 5.41) is 30.8. The van der Waals surface area contributed by atoms with Crippen molar-refractivity contribution in [1.29, 1.82) is 0 Å². The van der Waals surface area contributed by atoms with Crippen molar-refractivity contribution >= 4 is 55.5 Å². The van der Waals surface area contributed by atoms with Crippen LogP contribution in [0.3, 0.4) is 0 Å². The average molecular weight is 614 g/mol. The summed E-state index contributed by atoms with van der Waals surface area (Å²) in [6.45, 7) is 0.659. The zero-order valence-corrected chi connectivity index (χ0v) is 22.3. The van der Waals surface area contributed by atoms with Crippen molar-refractivity contribution in [3.05, 3.63) is 55.5 Å². The molecular weight excluding hydrogens is 588 g/mol. The predicted molar refractivity (Wildman–Crippen MR) is 137 cm³/mol. The van der Waals surface area contributed by atoms with Crippen LogP contribution in [-0.4, -0.2) is 61.0 Å². The van der Waals surface area contributed by atoms with Gasteiger partial charge in [-0.2, -0.15) is 0 Å². The minimum Gasteiger partial charge on any atom is -0.506 e. The molecule has 0 radical (unpaired) electrons. The Morgan fingerprint density at radius 2 is 0.943 bits per heavy atom. The van der Waals surface area contributed by atoms with Gasteiger partial charge in [0.25, 0.3) is 23.6 Å². The molecule has 0 unspecified atom stereocenters. The minimum absolute atomic E-state index is 0.0123. The number of benzene rings is 2. The number of halogens is 2. The van der Waals surface area contributed by atoms with E-state index >= 15 is 0 Å². The minimum atomic E-state index is -0.515. The molecule has 0 bridgehead atoms. The maximum Gasteiger partial charge on any atom is 0.255 e. The molecule has 0 spiro atoms. The van der Waals surface area contributed by atoms with E-state index in [4.69, 9.17) is 0 Å². The van der Waals surface area contributed by atoms with E-state index in [1.165, 1.54) is 38.4 Å². The van der Waals surface area contributed by atoms with Crippen LogP contribution in [0, 0.1) is 0 Å². The number of rotatable bonds is 10. The smallest absolute Gasteiger partial charge is 0.255 e. The molecule has 0 aromatic heterocycles. The normalized spacial score (nSPS) is 10.4. The van der Waals surface area contributed by atoms with Gasteiger partial charge in [-0.05, 0) is 43.5 Å². The van der Waals surface area contributed by atoms with Crippen molar-refractivity contribution in [2.75, 3.05) is 27.2 Å². The molecule has 10 nitrogen and oxygen atoms in total. The Labute approximate surface area is 219 Å². The zero-order valence-electron chi connectivity index (χ0n) is 19.1. The SMILES string of the molecule is CNC(=O)c1cc(Br)cc(C(=O)NCCCCCNC(=O)c2cc(Br)cc(C(=O)NC)c2O)c1O. The molecule has 188 valence electrons. The number of carbonyl (C=O) groups excluding carboxylic acids is 4. The van der Waals surface area contributed by atoms with Gasteiger partial charge in [0.2, 0.25) is 0 Å². The number of phenols is 2. The number of hydrogen-bond acceptors (Lipinski definition) is 6. The second-order valence-corrected chi connectivity index (χ2v) is 9.26. The summed E-state index contributed by atoms with van der Waals surface area (Å²) >= 11 is 6.46. The Balaban J connectivity index is 1.81. The first-order valence-electron chi connectivity index (χ1n) is 10.7. The summed E-state index contributed by atoms with van der Waals surface area (Å²) in [6.07, 6.45) is 1.91. The van der Waals surface area contributed by atoms with Gasteiger partial charge in [-0.15, -0.1) is 0 Å². The Morgan fingerprint density at radius 1 is 0.629 bits per heavy atom. The first-order chi connectivity index (χ1) is 16.6. The third kappa shape index (κ3) is 7.43. The molecule has 0 atom stereocenters. The molecule has 2 rings (SSSR count). The highest BCUT2D eigenvalue weighted by atomic mass is 79.9. The second-order valence-electron chi connectivity index (χ2n) is 7.43. The van der Waals surface area contributed by atoms with Crippen molar-refractivity contribution in [3.63, 3.8) is 0 Å². The summed E-state index contributed by atoms with van der Waals surface area (Å²) in [5.41, 5.74) is -0.0613. The van der Waals surface area contributed by atoms with E-state index < -0.39 is 35.1 Å². The maximum absolute atomic E-state index is 12.4. The molecule has 0 aliphatic rings. The first kappa shape index (κ1) is 28.1. The first-order valence-corrected chi connectivity index (χ1v) is 12.2. The van der Waals surface area contributed by atoms with Crippen LogP contribution in [0.5, 0.6) is 11.5 Å². The van der Waals surface area contributed by atoms with Crippen molar-refractivity contribution < 1.29 is 29.4 Å². The van der Waals surface area contributed by atoms with E-state index in [1.807, 2.05) is 0 Å². The van der Waals surface area contributed by atoms with E-state index in [0.29, 0.717) is 41.3 Å². The standard InChI is InChI=1S/C23H26Br2N4O6/c1-26-20(32)14-8-12(24)10-16(18(14)30)22(34)28-6-4-3-5-7-29-23(35)17-11-13(25)9-15(19(17)31)21(33)27-2/h8-11,30-31H,3-7H2,1-2H3,(H,26,32)(H,27,33)(H,28,34)(H,29,35). The molecule has 6 N–H and O–H groups in total. The fourth-order valence-corrected chi connectivity index (χ4v) is 4.10. The Bertz CT molecular complexity index is 1050. The summed E-state index contributed by atoms with van der Waals surface area (Å²) in [6, 6.07) is 5.71. The van der Waals surface area contributed by atoms with E-state index in [1.54, 1.807) is 0 Å². The van der Waals surface area contributed by atoms with Crippen LogP contribution in [-0.2, 0) is 0 Å². The summed E-state index contributed by atoms with van der Waals surface area (Å²) < 4.78 is 0.961. The molecule has 2 aromatic rings. The van der Waals surface area contributed by atoms with Crippen LogP contribution in [0.2, 0.25) is 0 Å². The van der Waals surface area contributed by atoms with Gasteiger partial charge in [0.05, 0.1) is 22.3 Å². The van der Waals surface area contributed by atoms with Crippen LogP contribution in [0.15, 0.2) is 33.2 Å². The molecule has 0 saturated carbocycles. The summed E-state index contributed by atoms with van der Waals surface area (Å²) in [7, 11) is 2.85. The van der Waals surface area contributed by atoms with E-state index in [2.05, 4.69) is 53.1 Å². The molecule has 0 fully saturated rings. The number of aromatic hydroxyl groups is 2. The summed E-state index contributed by atoms with van der Waals surface area (Å²) in [5.74, 6) is -2.85. The van der Waals surface area contributed by atoms with Crippen LogP contribution in [0.25, 0.3) is 0 Å². The van der Waals surface area contributed by atoms with Gasteiger partial charge in [-0.3, -0.25) is 19.2 Å². The molecule has 0 aliphatic heterocycles. The molecule has 0 heterocycles. The fourth-order valence-electron chi connectivity index (χ4n) is 3.18. The summed E-state index contributed by atoms with van der Waals surface area (Å²) in [4.78, 5) is 48.6. The Morgan fingerprint density at radius 3 is 1.26 bits per heavy atom. The highest BCUT2D eigenvalue weighted by Crippen LogP contribution is 2.28. The molecule has 2 aromatic carbocycles. The quantitative estimate of drug-likeness (QED) is 0.226. The largest absolute Gasteiger partial charge is 0.506 e. The fraction of sp³-hybridized carbons (Fsp3) is 0.304. The lowest BCUT2D eigenvalue weighted by Crippen LogP contribution is -2.27. The number of nitrogens with one attached hydrogen (secondary N) is 4. The van der Waals surface area contributed by atoms with Crippen LogP contribution >= 0.6 is 31.9 Å². The third-order valence-corrected chi connectivity index (χ3v) is 5.92. The molecule has 12 heteroatoms. The molecule has 0 saturated heterocycles.